The first kappa shape index (κ1) is 23.5. The summed E-state index contributed by atoms with van der Waals surface area (Å²) in [7, 11) is 0. The lowest BCUT2D eigenvalue weighted by Crippen LogP contribution is -1.95. The van der Waals surface area contributed by atoms with Gasteiger partial charge in [0.15, 0.2) is 0 Å². The van der Waals surface area contributed by atoms with E-state index in [0.29, 0.717) is 0 Å². The highest BCUT2D eigenvalue weighted by Gasteiger charge is 2.16. The molecule has 0 radical (unpaired) electrons. The van der Waals surface area contributed by atoms with Crippen LogP contribution in [-0.4, -0.2) is 4.57 Å². The smallest absolute Gasteiger partial charge is 0.0547 e. The summed E-state index contributed by atoms with van der Waals surface area (Å²) < 4.78 is 5.13. The molecule has 0 saturated heterocycles. The van der Waals surface area contributed by atoms with Crippen molar-refractivity contribution in [2.75, 3.05) is 0 Å². The molecule has 2 heterocycles. The van der Waals surface area contributed by atoms with E-state index in [1.54, 1.807) is 0 Å². The van der Waals surface area contributed by atoms with Crippen LogP contribution < -0.4 is 0 Å². The second kappa shape index (κ2) is 9.17. The Balaban J connectivity index is 1.32. The van der Waals surface area contributed by atoms with Crippen molar-refractivity contribution in [3.05, 3.63) is 152 Å². The molecule has 0 fully saturated rings. The number of hydrogen-bond donors (Lipinski definition) is 0. The van der Waals surface area contributed by atoms with Crippen LogP contribution in [0.5, 0.6) is 0 Å². The molecule has 0 unspecified atom stereocenters. The van der Waals surface area contributed by atoms with Crippen molar-refractivity contribution in [1.82, 2.24) is 4.57 Å². The van der Waals surface area contributed by atoms with Crippen molar-refractivity contribution in [2.24, 2.45) is 0 Å². The number of fused-ring (bicyclic) bond motifs is 7. The van der Waals surface area contributed by atoms with Gasteiger partial charge in [0.25, 0.3) is 0 Å². The van der Waals surface area contributed by atoms with E-state index in [1.165, 1.54) is 80.7 Å². The standard InChI is InChI=1S/C40H25NS/c1-2-9-26(10-3-1)28-19-22-37-35(23-28)32-20-17-29(30-18-21-34-33-14-6-7-16-39(33)42-40(34)25-30)24-38(32)41(37)36-15-8-12-27-11-4-5-13-31(27)36/h1-25H. The van der Waals surface area contributed by atoms with E-state index >= 15 is 0 Å². The van der Waals surface area contributed by atoms with E-state index in [1.807, 2.05) is 11.3 Å². The summed E-state index contributed by atoms with van der Waals surface area (Å²) in [5.74, 6) is 0. The Kier molecular flexibility index (Phi) is 5.13. The van der Waals surface area contributed by atoms with E-state index in [-0.39, 0.29) is 0 Å². The fourth-order valence-corrected chi connectivity index (χ4v) is 7.72. The maximum Gasteiger partial charge on any atom is 0.0547 e. The summed E-state index contributed by atoms with van der Waals surface area (Å²) in [6, 6.07) is 55.5. The van der Waals surface area contributed by atoms with Crippen LogP contribution in [0.15, 0.2) is 152 Å². The third-order valence-corrected chi connectivity index (χ3v) is 9.73. The first-order valence-electron chi connectivity index (χ1n) is 14.4. The van der Waals surface area contributed by atoms with Crippen LogP contribution in [0, 0.1) is 0 Å². The lowest BCUT2D eigenvalue weighted by Gasteiger charge is -2.12. The normalized spacial score (nSPS) is 11.8. The van der Waals surface area contributed by atoms with Gasteiger partial charge in [0.05, 0.1) is 16.7 Å². The van der Waals surface area contributed by atoms with Crippen LogP contribution in [-0.2, 0) is 0 Å². The number of thiophene rings is 1. The van der Waals surface area contributed by atoms with Crippen LogP contribution in [0.1, 0.15) is 0 Å². The number of nitrogens with zero attached hydrogens (tertiary/aromatic N) is 1. The zero-order valence-electron chi connectivity index (χ0n) is 22.8. The molecule has 9 rings (SSSR count). The molecule has 7 aromatic carbocycles. The highest BCUT2D eigenvalue weighted by molar-refractivity contribution is 7.25. The molecule has 42 heavy (non-hydrogen) atoms. The van der Waals surface area contributed by atoms with Crippen molar-refractivity contribution >= 4 is 64.1 Å². The Morgan fingerprint density at radius 2 is 1.02 bits per heavy atom. The van der Waals surface area contributed by atoms with E-state index in [2.05, 4.69) is 156 Å². The average Bonchev–Trinajstić information content (AvgIpc) is 3.59. The molecule has 0 N–H and O–H groups in total. The number of benzene rings is 7. The minimum atomic E-state index is 1.21. The molecule has 0 atom stereocenters. The summed E-state index contributed by atoms with van der Waals surface area (Å²) >= 11 is 1.87. The van der Waals surface area contributed by atoms with Crippen molar-refractivity contribution < 1.29 is 0 Å². The van der Waals surface area contributed by atoms with E-state index in [4.69, 9.17) is 0 Å². The SMILES string of the molecule is c1ccc(-c2ccc3c(c2)c2ccc(-c4ccc5c(c4)sc4ccccc45)cc2n3-c2cccc3ccccc23)cc1. The van der Waals surface area contributed by atoms with Gasteiger partial charge in [-0.15, -0.1) is 11.3 Å². The van der Waals surface area contributed by atoms with Crippen molar-refractivity contribution in [3.8, 4) is 27.9 Å². The first-order valence-corrected chi connectivity index (χ1v) is 15.2. The Labute approximate surface area is 247 Å². The van der Waals surface area contributed by atoms with E-state index in [9.17, 15) is 0 Å². The van der Waals surface area contributed by atoms with Crippen LogP contribution in [0.2, 0.25) is 0 Å². The molecule has 2 heteroatoms. The molecule has 0 aliphatic heterocycles. The fraction of sp³-hybridized carbons (Fsp3) is 0. The molecule has 1 nitrogen and oxygen atoms in total. The maximum atomic E-state index is 2.46. The molecular formula is C40H25NS. The maximum absolute atomic E-state index is 2.46. The lowest BCUT2D eigenvalue weighted by molar-refractivity contribution is 1.20. The predicted molar refractivity (Wildman–Crippen MR) is 182 cm³/mol. The molecular weight excluding hydrogens is 527 g/mol. The van der Waals surface area contributed by atoms with E-state index in [0.717, 1.165) is 0 Å². The largest absolute Gasteiger partial charge is 0.309 e. The van der Waals surface area contributed by atoms with Crippen molar-refractivity contribution in [3.63, 3.8) is 0 Å². The molecule has 2 aromatic heterocycles. The van der Waals surface area contributed by atoms with Gasteiger partial charge in [-0.05, 0) is 64.0 Å². The summed E-state index contributed by atoms with van der Waals surface area (Å²) in [6.45, 7) is 0. The first-order chi connectivity index (χ1) is 20.8. The Bertz CT molecular complexity index is 2460. The van der Waals surface area contributed by atoms with Crippen LogP contribution >= 0.6 is 11.3 Å². The second-order valence-electron chi connectivity index (χ2n) is 11.0. The average molecular weight is 552 g/mol. The zero-order valence-corrected chi connectivity index (χ0v) is 23.6. The van der Waals surface area contributed by atoms with Crippen molar-refractivity contribution in [1.29, 1.82) is 0 Å². The van der Waals surface area contributed by atoms with Gasteiger partial charge in [0.1, 0.15) is 0 Å². The minimum Gasteiger partial charge on any atom is -0.309 e. The Hall–Kier alpha value is -5.18. The molecule has 0 bridgehead atoms. The molecule has 0 saturated carbocycles. The summed E-state index contributed by atoms with van der Waals surface area (Å²) in [5, 5.41) is 7.71. The number of hydrogen-bond acceptors (Lipinski definition) is 1. The number of rotatable bonds is 3. The Morgan fingerprint density at radius 1 is 0.357 bits per heavy atom. The van der Waals surface area contributed by atoms with Crippen LogP contribution in [0.3, 0.4) is 0 Å². The molecule has 0 aliphatic rings. The molecule has 9 aromatic rings. The van der Waals surface area contributed by atoms with Crippen LogP contribution in [0.25, 0.3) is 80.7 Å². The highest BCUT2D eigenvalue weighted by atomic mass is 32.1. The van der Waals surface area contributed by atoms with Gasteiger partial charge >= 0.3 is 0 Å². The summed E-state index contributed by atoms with van der Waals surface area (Å²) in [5.41, 5.74) is 8.60. The predicted octanol–water partition coefficient (Wildman–Crippen LogP) is 11.6. The topological polar surface area (TPSA) is 4.93 Å². The van der Waals surface area contributed by atoms with Crippen LogP contribution in [0.4, 0.5) is 0 Å². The van der Waals surface area contributed by atoms with Gasteiger partial charge in [0, 0.05) is 36.3 Å². The van der Waals surface area contributed by atoms with Gasteiger partial charge in [-0.25, -0.2) is 0 Å². The quantitative estimate of drug-likeness (QED) is 0.206. The van der Waals surface area contributed by atoms with Gasteiger partial charge in [-0.1, -0.05) is 115 Å². The molecule has 196 valence electrons. The number of aromatic nitrogens is 1. The van der Waals surface area contributed by atoms with E-state index < -0.39 is 0 Å². The third-order valence-electron chi connectivity index (χ3n) is 8.59. The summed E-state index contributed by atoms with van der Waals surface area (Å²) in [6.07, 6.45) is 0. The van der Waals surface area contributed by atoms with Crippen molar-refractivity contribution in [2.45, 2.75) is 0 Å². The zero-order chi connectivity index (χ0) is 27.6. The third kappa shape index (κ3) is 3.56. The monoisotopic (exact) mass is 551 g/mol. The summed E-state index contributed by atoms with van der Waals surface area (Å²) in [4.78, 5) is 0. The lowest BCUT2D eigenvalue weighted by atomic mass is 10.0. The van der Waals surface area contributed by atoms with Gasteiger partial charge < -0.3 is 4.57 Å². The van der Waals surface area contributed by atoms with Gasteiger partial charge in [0.2, 0.25) is 0 Å². The second-order valence-corrected chi connectivity index (χ2v) is 12.1. The minimum absolute atomic E-state index is 1.21. The van der Waals surface area contributed by atoms with Gasteiger partial charge in [-0.3, -0.25) is 0 Å². The Morgan fingerprint density at radius 3 is 1.93 bits per heavy atom. The van der Waals surface area contributed by atoms with Gasteiger partial charge in [-0.2, -0.15) is 0 Å². The molecule has 0 aliphatic carbocycles. The fourth-order valence-electron chi connectivity index (χ4n) is 6.58. The highest BCUT2D eigenvalue weighted by Crippen LogP contribution is 2.40. The molecule has 0 amide bonds. The molecule has 0 spiro atoms.